The van der Waals surface area contributed by atoms with E-state index >= 15 is 0 Å². The Morgan fingerprint density at radius 1 is 1.27 bits per heavy atom. The van der Waals surface area contributed by atoms with Crippen molar-refractivity contribution in [3.8, 4) is 17.2 Å². The van der Waals surface area contributed by atoms with Gasteiger partial charge in [-0.25, -0.2) is 9.79 Å². The predicted molar refractivity (Wildman–Crippen MR) is 135 cm³/mol. The molecule has 0 amide bonds. The highest BCUT2D eigenvalue weighted by molar-refractivity contribution is 7.07. The molecule has 3 aromatic rings. The number of fused-ring (bicyclic) bond motifs is 1. The zero-order valence-corrected chi connectivity index (χ0v) is 21.2. The van der Waals surface area contributed by atoms with Gasteiger partial charge in [-0.15, -0.1) is 0 Å². The van der Waals surface area contributed by atoms with Crippen LogP contribution in [0.15, 0.2) is 57.5 Å². The summed E-state index contributed by atoms with van der Waals surface area (Å²) in [5.41, 5.74) is 0.148. The minimum atomic E-state index is -0.933. The number of esters is 1. The molecule has 1 aromatic heterocycles. The van der Waals surface area contributed by atoms with Crippen molar-refractivity contribution in [1.82, 2.24) is 4.57 Å². The van der Waals surface area contributed by atoms with Gasteiger partial charge in [0, 0.05) is 23.3 Å². The summed E-state index contributed by atoms with van der Waals surface area (Å²) in [6.45, 7) is 3.45. The molecule has 4 rings (SSSR count). The molecule has 0 aliphatic carbocycles. The third-order valence-electron chi connectivity index (χ3n) is 5.78. The maximum Gasteiger partial charge on any atom is 0.338 e. The summed E-state index contributed by atoms with van der Waals surface area (Å²) in [4.78, 5) is 42.1. The number of hydrogen-bond donors (Lipinski definition) is 1. The average molecular weight is 526 g/mol. The summed E-state index contributed by atoms with van der Waals surface area (Å²) in [6, 6.07) is 8.13. The first-order valence-corrected chi connectivity index (χ1v) is 11.9. The quantitative estimate of drug-likeness (QED) is 0.282. The number of nitrogens with zero attached hydrogens (tertiary/aromatic N) is 3. The number of aromatic hydroxyl groups is 1. The van der Waals surface area contributed by atoms with E-state index in [2.05, 4.69) is 4.99 Å². The number of benzene rings is 2. The van der Waals surface area contributed by atoms with Crippen molar-refractivity contribution >= 4 is 29.1 Å². The Hall–Kier alpha value is -4.45. The first kappa shape index (κ1) is 25.6. The number of para-hydroxylation sites is 1. The molecule has 12 heteroatoms. The van der Waals surface area contributed by atoms with Crippen molar-refractivity contribution in [2.75, 3.05) is 20.8 Å². The number of carbonyl (C=O) groups is 1. The molecule has 37 heavy (non-hydrogen) atoms. The molecule has 2 heterocycles. The van der Waals surface area contributed by atoms with E-state index in [1.165, 1.54) is 43.1 Å². The number of phenolic OH excluding ortho intramolecular Hbond substituents is 1. The summed E-state index contributed by atoms with van der Waals surface area (Å²) < 4.78 is 17.7. The fraction of sp³-hybridized carbons (Fsp3) is 0.240. The van der Waals surface area contributed by atoms with Crippen LogP contribution in [0, 0.1) is 10.1 Å². The van der Waals surface area contributed by atoms with Crippen LogP contribution in [-0.4, -0.2) is 41.4 Å². The van der Waals surface area contributed by atoms with E-state index in [0.29, 0.717) is 27.6 Å². The zero-order valence-electron chi connectivity index (χ0n) is 20.4. The monoisotopic (exact) mass is 525 g/mol. The first-order chi connectivity index (χ1) is 17.7. The fourth-order valence-corrected chi connectivity index (χ4v) is 5.12. The number of phenols is 1. The minimum absolute atomic E-state index is 0.0966. The van der Waals surface area contributed by atoms with Crippen LogP contribution in [0.5, 0.6) is 17.2 Å². The van der Waals surface area contributed by atoms with E-state index in [-0.39, 0.29) is 22.3 Å². The lowest BCUT2D eigenvalue weighted by molar-refractivity contribution is -0.385. The van der Waals surface area contributed by atoms with Gasteiger partial charge in [0.25, 0.3) is 5.56 Å². The number of ether oxygens (including phenoxy) is 3. The van der Waals surface area contributed by atoms with Crippen molar-refractivity contribution in [3.05, 3.63) is 88.6 Å². The number of aromatic nitrogens is 1. The number of nitro benzene ring substituents is 1. The molecule has 1 N–H and O–H groups in total. The SMILES string of the molecule is CCOC(=O)C1=C(C)N=c2sc(=Cc3cccc([N+](=O)[O-])c3O)c(=O)n2[C@H]1c1ccc(OC)cc1OC. The van der Waals surface area contributed by atoms with E-state index in [9.17, 15) is 24.8 Å². The van der Waals surface area contributed by atoms with Gasteiger partial charge in [0.2, 0.25) is 5.75 Å². The smallest absolute Gasteiger partial charge is 0.338 e. The number of carbonyl (C=O) groups excluding carboxylic acids is 1. The van der Waals surface area contributed by atoms with Gasteiger partial charge in [-0.2, -0.15) is 0 Å². The van der Waals surface area contributed by atoms with Crippen molar-refractivity contribution in [3.63, 3.8) is 0 Å². The summed E-state index contributed by atoms with van der Waals surface area (Å²) in [6.07, 6.45) is 1.36. The molecule has 1 aliphatic heterocycles. The summed E-state index contributed by atoms with van der Waals surface area (Å²) >= 11 is 1.03. The number of methoxy groups -OCH3 is 2. The number of thiazole rings is 1. The fourth-order valence-electron chi connectivity index (χ4n) is 4.08. The van der Waals surface area contributed by atoms with E-state index < -0.39 is 33.9 Å². The lowest BCUT2D eigenvalue weighted by Gasteiger charge is -2.26. The molecule has 2 aromatic carbocycles. The average Bonchev–Trinajstić information content (AvgIpc) is 3.18. The van der Waals surface area contributed by atoms with Crippen LogP contribution in [0.25, 0.3) is 6.08 Å². The van der Waals surface area contributed by atoms with Crippen LogP contribution in [0.2, 0.25) is 0 Å². The van der Waals surface area contributed by atoms with Crippen molar-refractivity contribution < 1.29 is 29.0 Å². The van der Waals surface area contributed by atoms with Crippen LogP contribution in [0.4, 0.5) is 5.69 Å². The molecule has 192 valence electrons. The van der Waals surface area contributed by atoms with Gasteiger partial charge in [-0.05, 0) is 32.1 Å². The Bertz CT molecular complexity index is 1620. The van der Waals surface area contributed by atoms with Crippen LogP contribution in [0.3, 0.4) is 0 Å². The van der Waals surface area contributed by atoms with Crippen LogP contribution in [0.1, 0.15) is 31.0 Å². The molecule has 1 aliphatic rings. The molecular formula is C25H23N3O8S. The molecule has 1 atom stereocenters. The van der Waals surface area contributed by atoms with Crippen LogP contribution in [-0.2, 0) is 9.53 Å². The Kier molecular flexibility index (Phi) is 7.11. The third kappa shape index (κ3) is 4.58. The molecule has 0 unspecified atom stereocenters. The maximum absolute atomic E-state index is 13.7. The first-order valence-electron chi connectivity index (χ1n) is 11.1. The van der Waals surface area contributed by atoms with Gasteiger partial charge < -0.3 is 19.3 Å². The zero-order chi connectivity index (χ0) is 26.9. The van der Waals surface area contributed by atoms with E-state index in [4.69, 9.17) is 14.2 Å². The molecule has 0 saturated carbocycles. The van der Waals surface area contributed by atoms with Gasteiger partial charge in [0.15, 0.2) is 4.80 Å². The van der Waals surface area contributed by atoms with Crippen molar-refractivity contribution in [2.24, 2.45) is 4.99 Å². The highest BCUT2D eigenvalue weighted by Gasteiger charge is 2.35. The Morgan fingerprint density at radius 3 is 2.68 bits per heavy atom. The second kappa shape index (κ2) is 10.3. The highest BCUT2D eigenvalue weighted by atomic mass is 32.1. The van der Waals surface area contributed by atoms with Gasteiger partial charge in [0.1, 0.15) is 17.5 Å². The molecule has 11 nitrogen and oxygen atoms in total. The van der Waals surface area contributed by atoms with Gasteiger partial charge in [-0.3, -0.25) is 19.5 Å². The predicted octanol–water partition coefficient (Wildman–Crippen LogP) is 2.43. The Balaban J connectivity index is 2.01. The number of rotatable bonds is 7. The summed E-state index contributed by atoms with van der Waals surface area (Å²) in [5, 5.41) is 21.6. The molecule has 0 bridgehead atoms. The molecule has 0 spiro atoms. The van der Waals surface area contributed by atoms with Crippen LogP contribution >= 0.6 is 11.3 Å². The van der Waals surface area contributed by atoms with Crippen LogP contribution < -0.4 is 24.4 Å². The number of hydrogen-bond acceptors (Lipinski definition) is 10. The molecule has 0 saturated heterocycles. The Morgan fingerprint density at radius 2 is 2.03 bits per heavy atom. The highest BCUT2D eigenvalue weighted by Crippen LogP contribution is 2.37. The van der Waals surface area contributed by atoms with E-state index in [0.717, 1.165) is 11.3 Å². The summed E-state index contributed by atoms with van der Waals surface area (Å²) in [7, 11) is 2.97. The number of allylic oxidation sites excluding steroid dienone is 1. The minimum Gasteiger partial charge on any atom is -0.502 e. The van der Waals surface area contributed by atoms with Crippen molar-refractivity contribution in [2.45, 2.75) is 19.9 Å². The van der Waals surface area contributed by atoms with E-state index in [1.807, 2.05) is 0 Å². The lowest BCUT2D eigenvalue weighted by Crippen LogP contribution is -2.40. The second-order valence-electron chi connectivity index (χ2n) is 7.88. The molecule has 0 radical (unpaired) electrons. The normalized spacial score (nSPS) is 15.1. The topological polar surface area (TPSA) is 142 Å². The van der Waals surface area contributed by atoms with Gasteiger partial charge in [0.05, 0.1) is 41.6 Å². The molecular weight excluding hydrogens is 502 g/mol. The van der Waals surface area contributed by atoms with E-state index in [1.54, 1.807) is 32.0 Å². The lowest BCUT2D eigenvalue weighted by atomic mass is 9.95. The number of nitro groups is 1. The molecule has 0 fully saturated rings. The third-order valence-corrected chi connectivity index (χ3v) is 6.76. The summed E-state index contributed by atoms with van der Waals surface area (Å²) in [5.74, 6) is -0.286. The second-order valence-corrected chi connectivity index (χ2v) is 8.89. The maximum atomic E-state index is 13.7. The standard InChI is InChI=1S/C25H23N3O8S/c1-5-36-24(31)20-13(2)26-25-27(21(20)16-10-9-15(34-3)12-18(16)35-4)23(30)19(37-25)11-14-7-6-8-17(22(14)29)28(32)33/h6-12,21,29H,5H2,1-4H3/t21-/m0/s1. The van der Waals surface area contributed by atoms with Gasteiger partial charge >= 0.3 is 11.7 Å². The van der Waals surface area contributed by atoms with Crippen molar-refractivity contribution in [1.29, 1.82) is 0 Å². The Labute approximate surface area is 214 Å². The van der Waals surface area contributed by atoms with Gasteiger partial charge in [-0.1, -0.05) is 23.5 Å². The largest absolute Gasteiger partial charge is 0.502 e.